The van der Waals surface area contributed by atoms with Crippen LogP contribution in [0, 0.1) is 9.56 Å². The van der Waals surface area contributed by atoms with Crippen molar-refractivity contribution in [3.63, 3.8) is 0 Å². The van der Waals surface area contributed by atoms with E-state index in [4.69, 9.17) is 41.3 Å². The Labute approximate surface area is 226 Å². The molecule has 0 aliphatic carbocycles. The van der Waals surface area contributed by atoms with Crippen LogP contribution < -0.4 is 24.0 Å². The fourth-order valence-electron chi connectivity index (χ4n) is 2.21. The minimum absolute atomic E-state index is 0. The summed E-state index contributed by atoms with van der Waals surface area (Å²) in [6.07, 6.45) is 0. The molecule has 2 rings (SSSR count). The quantitative estimate of drug-likeness (QED) is 0.336. The van der Waals surface area contributed by atoms with Crippen LogP contribution in [0.3, 0.4) is 0 Å². The minimum Gasteiger partial charge on any atom is -0.857 e. The van der Waals surface area contributed by atoms with E-state index in [1.54, 1.807) is 13.8 Å². The maximum absolute atomic E-state index is 11.4. The zero-order chi connectivity index (χ0) is 28.2. The summed E-state index contributed by atoms with van der Waals surface area (Å²) in [5, 5.41) is 17.1. The maximum Gasteiger partial charge on any atom is 1.00 e. The van der Waals surface area contributed by atoms with E-state index >= 15 is 0 Å². The van der Waals surface area contributed by atoms with Crippen LogP contribution in [0.25, 0.3) is 0 Å². The molecule has 0 saturated heterocycles. The number of nitrogens with one attached hydrogen (secondary N) is 2. The molecule has 0 saturated carbocycles. The van der Waals surface area contributed by atoms with Gasteiger partial charge in [0.25, 0.3) is 0 Å². The summed E-state index contributed by atoms with van der Waals surface area (Å²) in [4.78, 5) is 22.2. The van der Waals surface area contributed by atoms with Gasteiger partial charge in [-0.15, -0.1) is 0 Å². The van der Waals surface area contributed by atoms with Gasteiger partial charge in [0, 0.05) is 0 Å². The van der Waals surface area contributed by atoms with Gasteiger partial charge in [-0.1, -0.05) is 60.7 Å². The third-order valence-electron chi connectivity index (χ3n) is 4.22. The topological polar surface area (TPSA) is 203 Å². The Hall–Kier alpha value is -2.82. The minimum atomic E-state index is -2.61. The maximum atomic E-state index is 11.4. The number of carbonyl (C=O) groups excluding carboxylic acids is 1. The number of benzene rings is 2. The van der Waals surface area contributed by atoms with E-state index in [9.17, 15) is 9.59 Å². The van der Waals surface area contributed by atoms with Crippen LogP contribution in [0.4, 0.5) is 0 Å². The normalized spacial score (nSPS) is 9.19. The van der Waals surface area contributed by atoms with Gasteiger partial charge >= 0.3 is 51.8 Å². The van der Waals surface area contributed by atoms with E-state index in [0.717, 1.165) is 18.2 Å². The molecule has 0 bridgehead atoms. The number of carboxylic acids is 1. The number of aliphatic carboxylic acids is 1. The van der Waals surface area contributed by atoms with Gasteiger partial charge in [-0.3, -0.25) is 9.59 Å². The molecule has 0 amide bonds. The number of hydrogen-bond donors (Lipinski definition) is 3. The standard InChI is InChI=1S/C11H14O2.C10H12O2.CH3O.Li.2HNO2S/c1-11(2,10(12)13-3)9-7-5-4-6-8-9;1-10(2,9(11)12)8-6-4-3-5-7-8;1-2;;2*1-4(2)3/h4-8H,1-3H3;3-7H,1-2H3,(H,11,12);1H3;;2*1H/q;;-1;+1;;. The molecule has 0 atom stereocenters. The van der Waals surface area contributed by atoms with Gasteiger partial charge in [-0.2, -0.15) is 33.5 Å². The average molecular weight is 539 g/mol. The SMILES string of the molecule is CC(C)(C(=O)O)c1ccccc1.COC(=O)C(C)(C)c1ccccc1.C[O-].N=S(=O)=O.N=S(=O)=O.[Li+]. The third-order valence-corrected chi connectivity index (χ3v) is 4.22. The molecule has 0 heterocycles. The first-order valence-corrected chi connectivity index (χ1v) is 11.7. The van der Waals surface area contributed by atoms with Gasteiger partial charge in [0.05, 0.1) is 17.9 Å². The van der Waals surface area contributed by atoms with Crippen LogP contribution in [0.5, 0.6) is 0 Å². The van der Waals surface area contributed by atoms with Gasteiger partial charge in [0.15, 0.2) is 0 Å². The smallest absolute Gasteiger partial charge is 0.857 e. The Morgan fingerprint density at radius 3 is 1.22 bits per heavy atom. The molecule has 0 radical (unpaired) electrons. The number of ether oxygens (including phenoxy) is 1. The molecule has 11 nitrogen and oxygen atoms in total. The number of carbonyl (C=O) groups is 2. The van der Waals surface area contributed by atoms with E-state index < -0.39 is 37.8 Å². The summed E-state index contributed by atoms with van der Waals surface area (Å²) >= 11 is 0. The zero-order valence-corrected chi connectivity index (χ0v) is 22.9. The summed E-state index contributed by atoms with van der Waals surface area (Å²) in [6, 6.07) is 18.8. The second kappa shape index (κ2) is 21.5. The Morgan fingerprint density at radius 2 is 1.00 bits per heavy atom. The van der Waals surface area contributed by atoms with Crippen LogP contribution in [0.2, 0.25) is 0 Å². The van der Waals surface area contributed by atoms with Crippen molar-refractivity contribution in [1.82, 2.24) is 0 Å². The van der Waals surface area contributed by atoms with Crippen molar-refractivity contribution in [3.8, 4) is 0 Å². The number of rotatable bonds is 4. The molecule has 2 aromatic carbocycles. The summed E-state index contributed by atoms with van der Waals surface area (Å²) < 4.78 is 50.4. The van der Waals surface area contributed by atoms with Gasteiger partial charge in [0.1, 0.15) is 0 Å². The Balaban J connectivity index is -0.000000205. The molecule has 196 valence electrons. The summed E-state index contributed by atoms with van der Waals surface area (Å²) in [7, 11) is -3.06. The van der Waals surface area contributed by atoms with Crippen molar-refractivity contribution in [2.24, 2.45) is 0 Å². The van der Waals surface area contributed by atoms with Crippen LogP contribution in [-0.4, -0.2) is 48.1 Å². The predicted octanol–water partition coefficient (Wildman–Crippen LogP) is -0.578. The molecule has 3 N–H and O–H groups in total. The number of esters is 1. The molecule has 2 aromatic rings. The molecule has 0 unspecified atom stereocenters. The fourth-order valence-corrected chi connectivity index (χ4v) is 2.21. The second-order valence-electron chi connectivity index (χ2n) is 7.25. The molecule has 14 heteroatoms. The molecule has 0 aliphatic heterocycles. The van der Waals surface area contributed by atoms with Crippen molar-refractivity contribution in [2.75, 3.05) is 14.2 Å². The number of carboxylic acid groups (broad SMARTS) is 1. The van der Waals surface area contributed by atoms with E-state index in [0.29, 0.717) is 0 Å². The average Bonchev–Trinajstić information content (AvgIpc) is 2.80. The van der Waals surface area contributed by atoms with Crippen molar-refractivity contribution in [1.29, 1.82) is 9.56 Å². The van der Waals surface area contributed by atoms with Gasteiger partial charge in [-0.25, -0.2) is 0 Å². The number of hydrogen-bond acceptors (Lipinski definition) is 10. The first kappa shape index (κ1) is 40.4. The van der Waals surface area contributed by atoms with Crippen molar-refractivity contribution in [3.05, 3.63) is 71.8 Å². The van der Waals surface area contributed by atoms with E-state index in [-0.39, 0.29) is 24.8 Å². The largest absolute Gasteiger partial charge is 1.00 e. The van der Waals surface area contributed by atoms with Gasteiger partial charge in [0.2, 0.25) is 0 Å². The van der Waals surface area contributed by atoms with Crippen LogP contribution in [0.1, 0.15) is 38.8 Å². The first-order chi connectivity index (χ1) is 16.1. The zero-order valence-electron chi connectivity index (χ0n) is 21.3. The van der Waals surface area contributed by atoms with Crippen LogP contribution in [0.15, 0.2) is 60.7 Å². The van der Waals surface area contributed by atoms with Gasteiger partial charge < -0.3 is 14.9 Å². The van der Waals surface area contributed by atoms with Crippen molar-refractivity contribution in [2.45, 2.75) is 38.5 Å². The van der Waals surface area contributed by atoms with Gasteiger partial charge in [-0.05, 0) is 38.8 Å². The van der Waals surface area contributed by atoms with Crippen LogP contribution >= 0.6 is 0 Å². The summed E-state index contributed by atoms with van der Waals surface area (Å²) in [5.74, 6) is -1.01. The predicted molar refractivity (Wildman–Crippen MR) is 128 cm³/mol. The molecular weight excluding hydrogens is 507 g/mol. The Bertz CT molecular complexity index is 1070. The Kier molecular flexibility index (Phi) is 24.1. The second-order valence-corrected chi connectivity index (χ2v) is 8.19. The molecule has 0 aliphatic rings. The third kappa shape index (κ3) is 18.5. The Morgan fingerprint density at radius 1 is 0.750 bits per heavy atom. The van der Waals surface area contributed by atoms with E-state index in [1.807, 2.05) is 74.5 Å². The summed E-state index contributed by atoms with van der Waals surface area (Å²) in [5.41, 5.74) is 0.455. The van der Waals surface area contributed by atoms with Crippen molar-refractivity contribution >= 4 is 32.9 Å². The monoisotopic (exact) mass is 538 g/mol. The van der Waals surface area contributed by atoms with Crippen molar-refractivity contribution < 1.29 is 60.2 Å². The molecule has 0 spiro atoms. The van der Waals surface area contributed by atoms with E-state index in [2.05, 4.69) is 0 Å². The summed E-state index contributed by atoms with van der Waals surface area (Å²) in [6.45, 7) is 7.11. The molecular formula is C22H31LiN2O9S2. The number of methoxy groups -OCH3 is 1. The van der Waals surface area contributed by atoms with Crippen LogP contribution in [-0.2, 0) is 46.2 Å². The fraction of sp³-hybridized carbons (Fsp3) is 0.364. The first-order valence-electron chi connectivity index (χ1n) is 9.55. The molecule has 0 aromatic heterocycles. The van der Waals surface area contributed by atoms with E-state index in [1.165, 1.54) is 7.11 Å². The molecule has 0 fully saturated rings. The molecule has 36 heavy (non-hydrogen) atoms.